The molecule has 1 amide bonds. The maximum absolute atomic E-state index is 13.2. The van der Waals surface area contributed by atoms with Crippen LogP contribution in [0.3, 0.4) is 0 Å². The Morgan fingerprint density at radius 3 is 2.36 bits per heavy atom. The van der Waals surface area contributed by atoms with E-state index in [1.807, 2.05) is 0 Å². The first-order valence-electron chi connectivity index (χ1n) is 7.62. The number of aromatic nitrogens is 3. The van der Waals surface area contributed by atoms with Crippen LogP contribution in [0.2, 0.25) is 0 Å². The van der Waals surface area contributed by atoms with Gasteiger partial charge in [-0.3, -0.25) is 4.79 Å². The number of benzene rings is 1. The van der Waals surface area contributed by atoms with Crippen LogP contribution in [0.1, 0.15) is 17.0 Å². The van der Waals surface area contributed by atoms with Gasteiger partial charge >= 0.3 is 12.4 Å². The molecule has 2 aromatic heterocycles. The summed E-state index contributed by atoms with van der Waals surface area (Å²) in [4.78, 5) is 14.9. The van der Waals surface area contributed by atoms with Crippen molar-refractivity contribution >= 4 is 29.0 Å². The van der Waals surface area contributed by atoms with Gasteiger partial charge < -0.3 is 0 Å². The smallest absolute Gasteiger partial charge is 0.273 e. The van der Waals surface area contributed by atoms with Crippen LogP contribution in [0.5, 0.6) is 0 Å². The number of fused-ring (bicyclic) bond motifs is 2. The third-order valence-corrected chi connectivity index (χ3v) is 4.54. The number of halogens is 7. The number of nitrogens with zero attached hydrogens (tertiary/aromatic N) is 4. The molecule has 0 saturated heterocycles. The molecular formula is C16H7ClF6N4O. The summed E-state index contributed by atoms with van der Waals surface area (Å²) in [6.07, 6.45) is -9.81. The second kappa shape index (κ2) is 5.84. The third-order valence-electron chi connectivity index (χ3n) is 4.17. The number of hydrogen-bond acceptors (Lipinski definition) is 3. The number of amides is 1. The number of pyridine rings is 1. The third kappa shape index (κ3) is 2.95. The fourth-order valence-corrected chi connectivity index (χ4v) is 3.14. The molecule has 0 radical (unpaired) electrons. The van der Waals surface area contributed by atoms with Gasteiger partial charge in [-0.05, 0) is 29.8 Å². The van der Waals surface area contributed by atoms with Crippen molar-refractivity contribution in [3.63, 3.8) is 0 Å². The van der Waals surface area contributed by atoms with Crippen molar-refractivity contribution in [2.75, 3.05) is 4.42 Å². The van der Waals surface area contributed by atoms with Crippen molar-refractivity contribution in [1.29, 1.82) is 0 Å². The van der Waals surface area contributed by atoms with Crippen LogP contribution >= 0.6 is 11.8 Å². The highest BCUT2D eigenvalue weighted by molar-refractivity contribution is 6.38. The fourth-order valence-electron chi connectivity index (χ4n) is 2.92. The fraction of sp³-hybridized carbons (Fsp3) is 0.188. The van der Waals surface area contributed by atoms with E-state index >= 15 is 0 Å². The van der Waals surface area contributed by atoms with E-state index in [4.69, 9.17) is 11.8 Å². The molecule has 5 nitrogen and oxygen atoms in total. The first kappa shape index (κ1) is 18.5. The Balaban J connectivity index is 1.96. The number of carbonyl (C=O) groups excluding carboxylic acids is 1. The van der Waals surface area contributed by atoms with Crippen LogP contribution in [0.4, 0.5) is 32.0 Å². The summed E-state index contributed by atoms with van der Waals surface area (Å²) < 4.78 is 80.1. The van der Waals surface area contributed by atoms with Crippen LogP contribution in [0.25, 0.3) is 16.9 Å². The van der Waals surface area contributed by atoms with Gasteiger partial charge in [0.15, 0.2) is 5.65 Å². The topological polar surface area (TPSA) is 50.5 Å². The quantitative estimate of drug-likeness (QED) is 0.431. The highest BCUT2D eigenvalue weighted by Crippen LogP contribution is 2.37. The first-order valence-corrected chi connectivity index (χ1v) is 7.96. The van der Waals surface area contributed by atoms with Crippen LogP contribution < -0.4 is 4.42 Å². The zero-order valence-electron chi connectivity index (χ0n) is 13.4. The molecule has 1 aliphatic rings. The van der Waals surface area contributed by atoms with Crippen LogP contribution in [-0.4, -0.2) is 20.5 Å². The summed E-state index contributed by atoms with van der Waals surface area (Å²) in [5.41, 5.74) is -1.11. The van der Waals surface area contributed by atoms with E-state index in [2.05, 4.69) is 10.1 Å². The van der Waals surface area contributed by atoms with Crippen molar-refractivity contribution in [3.05, 3.63) is 47.3 Å². The highest BCUT2D eigenvalue weighted by atomic mass is 35.5. The number of anilines is 1. The Kier molecular flexibility index (Phi) is 3.86. The van der Waals surface area contributed by atoms with Crippen molar-refractivity contribution < 1.29 is 31.1 Å². The summed E-state index contributed by atoms with van der Waals surface area (Å²) in [6.45, 7) is 0. The number of rotatable bonds is 1. The number of alkyl halides is 6. The summed E-state index contributed by atoms with van der Waals surface area (Å²) in [5, 5.41) is 3.32. The molecule has 1 aliphatic heterocycles. The number of hydrogen-bond donors (Lipinski definition) is 0. The highest BCUT2D eigenvalue weighted by Gasteiger charge is 2.38. The zero-order chi connectivity index (χ0) is 20.4. The van der Waals surface area contributed by atoms with Gasteiger partial charge in [-0.25, -0.2) is 13.9 Å². The molecule has 0 fully saturated rings. The molecule has 28 heavy (non-hydrogen) atoms. The summed E-state index contributed by atoms with van der Waals surface area (Å²) >= 11 is 5.81. The van der Waals surface area contributed by atoms with E-state index in [-0.39, 0.29) is 17.7 Å². The van der Waals surface area contributed by atoms with Gasteiger partial charge in [0.25, 0.3) is 5.82 Å². The number of carbonyl (C=O) groups is 1. The molecule has 3 heterocycles. The predicted molar refractivity (Wildman–Crippen MR) is 85.5 cm³/mol. The maximum atomic E-state index is 13.2. The van der Waals surface area contributed by atoms with Gasteiger partial charge in [0.2, 0.25) is 5.91 Å². The summed E-state index contributed by atoms with van der Waals surface area (Å²) in [5.74, 6) is -1.99. The predicted octanol–water partition coefficient (Wildman–Crippen LogP) is 4.48. The first-order chi connectivity index (χ1) is 12.9. The van der Waals surface area contributed by atoms with Crippen LogP contribution in [-0.2, 0) is 23.6 Å². The molecule has 146 valence electrons. The lowest BCUT2D eigenvalue weighted by Gasteiger charge is -2.12. The molecular weight excluding hydrogens is 414 g/mol. The Morgan fingerprint density at radius 2 is 1.71 bits per heavy atom. The lowest BCUT2D eigenvalue weighted by molar-refractivity contribution is -0.144. The van der Waals surface area contributed by atoms with Gasteiger partial charge in [-0.1, -0.05) is 6.07 Å². The van der Waals surface area contributed by atoms with Crippen molar-refractivity contribution in [3.8, 4) is 11.3 Å². The second-order valence-corrected chi connectivity index (χ2v) is 6.36. The monoisotopic (exact) mass is 420 g/mol. The molecule has 0 bridgehead atoms. The van der Waals surface area contributed by atoms with E-state index in [0.29, 0.717) is 27.9 Å². The Bertz CT molecular complexity index is 1120. The minimum absolute atomic E-state index is 0.0834. The summed E-state index contributed by atoms with van der Waals surface area (Å²) in [7, 11) is 0. The van der Waals surface area contributed by atoms with Gasteiger partial charge in [-0.15, -0.1) is 5.10 Å². The lowest BCUT2D eigenvalue weighted by Crippen LogP contribution is -2.13. The second-order valence-electron chi connectivity index (χ2n) is 6.03. The van der Waals surface area contributed by atoms with Gasteiger partial charge in [0.1, 0.15) is 0 Å². The molecule has 3 aromatic rings. The van der Waals surface area contributed by atoms with E-state index < -0.39 is 35.3 Å². The molecule has 0 unspecified atom stereocenters. The Morgan fingerprint density at radius 1 is 1.00 bits per heavy atom. The van der Waals surface area contributed by atoms with Gasteiger partial charge in [0.05, 0.1) is 23.4 Å². The largest absolute Gasteiger partial charge is 0.453 e. The van der Waals surface area contributed by atoms with Crippen LogP contribution in [0, 0.1) is 0 Å². The Hall–Kier alpha value is -2.82. The van der Waals surface area contributed by atoms with Gasteiger partial charge in [-0.2, -0.15) is 26.3 Å². The minimum Gasteiger partial charge on any atom is -0.273 e. The van der Waals surface area contributed by atoms with Crippen LogP contribution in [0.15, 0.2) is 30.3 Å². The normalized spacial score (nSPS) is 14.8. The SMILES string of the molecule is O=C1Cc2cc(-c3cc(C(F)(F)F)cc4nc(C(F)(F)F)nn34)ccc2N1Cl. The van der Waals surface area contributed by atoms with Crippen molar-refractivity contribution in [2.45, 2.75) is 18.8 Å². The minimum atomic E-state index is -4.93. The van der Waals surface area contributed by atoms with Crippen molar-refractivity contribution in [1.82, 2.24) is 14.6 Å². The Labute approximate surface area is 157 Å². The van der Waals surface area contributed by atoms with E-state index in [9.17, 15) is 31.1 Å². The average molecular weight is 421 g/mol. The molecule has 4 rings (SSSR count). The zero-order valence-corrected chi connectivity index (χ0v) is 14.2. The van der Waals surface area contributed by atoms with E-state index in [0.717, 1.165) is 4.42 Å². The van der Waals surface area contributed by atoms with Gasteiger partial charge in [0, 0.05) is 17.3 Å². The maximum Gasteiger partial charge on any atom is 0.453 e. The molecule has 0 aliphatic carbocycles. The summed E-state index contributed by atoms with van der Waals surface area (Å²) in [6, 6.07) is 5.30. The molecule has 1 aromatic carbocycles. The molecule has 0 N–H and O–H groups in total. The molecule has 0 atom stereocenters. The van der Waals surface area contributed by atoms with Crippen molar-refractivity contribution in [2.24, 2.45) is 0 Å². The molecule has 0 spiro atoms. The average Bonchev–Trinajstić information content (AvgIpc) is 3.14. The van der Waals surface area contributed by atoms with E-state index in [1.54, 1.807) is 0 Å². The lowest BCUT2D eigenvalue weighted by atomic mass is 10.0. The molecule has 12 heteroatoms. The standard InChI is InChI=1S/C16H7ClF6N4O/c17-26-10-2-1-7(3-8(10)4-13(26)28)11-5-9(15(18,19)20)6-12-24-14(16(21,22)23)25-27(11)12/h1-3,5-6H,4H2. The van der Waals surface area contributed by atoms with E-state index in [1.165, 1.54) is 18.2 Å². The molecule has 0 saturated carbocycles.